The van der Waals surface area contributed by atoms with Crippen molar-refractivity contribution in [2.75, 3.05) is 13.2 Å². The molecule has 0 aromatic carbocycles. The van der Waals surface area contributed by atoms with Gasteiger partial charge in [-0.15, -0.1) is 0 Å². The summed E-state index contributed by atoms with van der Waals surface area (Å²) in [6.07, 6.45) is 0.171. The van der Waals surface area contributed by atoms with Crippen LogP contribution in [0.5, 0.6) is 0 Å². The molecule has 108 valence electrons. The van der Waals surface area contributed by atoms with Crippen molar-refractivity contribution in [2.24, 2.45) is 5.73 Å². The molecule has 3 N–H and O–H groups in total. The summed E-state index contributed by atoms with van der Waals surface area (Å²) in [5.41, 5.74) is 5.52. The van der Waals surface area contributed by atoms with E-state index in [4.69, 9.17) is 10.8 Å². The second kappa shape index (κ2) is 6.73. The molecule has 0 amide bonds. The van der Waals surface area contributed by atoms with Gasteiger partial charge in [-0.3, -0.25) is 4.90 Å². The molecule has 18 heavy (non-hydrogen) atoms. The molecule has 0 saturated heterocycles. The van der Waals surface area contributed by atoms with E-state index in [0.29, 0.717) is 0 Å². The lowest BCUT2D eigenvalue weighted by Crippen LogP contribution is -2.59. The van der Waals surface area contributed by atoms with Gasteiger partial charge in [0.2, 0.25) is 0 Å². The average molecular weight is 268 g/mol. The van der Waals surface area contributed by atoms with Crippen LogP contribution in [-0.2, 0) is 0 Å². The first-order chi connectivity index (χ1) is 8.38. The fraction of sp³-hybridized carbons (Fsp3) is 1.00. The summed E-state index contributed by atoms with van der Waals surface area (Å²) in [6.45, 7) is 1.15. The van der Waals surface area contributed by atoms with Crippen LogP contribution in [0, 0.1) is 0 Å². The Balaban J connectivity index is 2.85. The lowest BCUT2D eigenvalue weighted by molar-refractivity contribution is -0.196. The minimum absolute atomic E-state index is 0.0381. The third-order valence-electron chi connectivity index (χ3n) is 3.59. The van der Waals surface area contributed by atoms with Crippen molar-refractivity contribution in [3.63, 3.8) is 0 Å². The Bertz CT molecular complexity index is 240. The van der Waals surface area contributed by atoms with Crippen LogP contribution in [0.3, 0.4) is 0 Å². The van der Waals surface area contributed by atoms with Crippen molar-refractivity contribution in [1.82, 2.24) is 4.90 Å². The first kappa shape index (κ1) is 15.7. The number of hydrogen-bond donors (Lipinski definition) is 2. The van der Waals surface area contributed by atoms with Crippen molar-refractivity contribution in [3.05, 3.63) is 0 Å². The molecule has 0 aromatic rings. The van der Waals surface area contributed by atoms with Gasteiger partial charge in [0.25, 0.3) is 0 Å². The molecule has 2 unspecified atom stereocenters. The lowest BCUT2D eigenvalue weighted by Gasteiger charge is -2.41. The molecule has 0 heterocycles. The van der Waals surface area contributed by atoms with Gasteiger partial charge in [0.05, 0.1) is 6.61 Å². The largest absolute Gasteiger partial charge is 0.405 e. The summed E-state index contributed by atoms with van der Waals surface area (Å²) >= 11 is 0. The number of rotatable bonds is 5. The van der Waals surface area contributed by atoms with Crippen LogP contribution in [0.25, 0.3) is 0 Å². The standard InChI is InChI=1S/C12H23F3N2O/c1-9(16)11(12(13,14)15)17(7-8-18)10-5-3-2-4-6-10/h9-11,18H,2-8,16H2,1H3. The van der Waals surface area contributed by atoms with E-state index in [0.717, 1.165) is 32.1 Å². The zero-order valence-corrected chi connectivity index (χ0v) is 10.8. The predicted molar refractivity (Wildman–Crippen MR) is 64.2 cm³/mol. The summed E-state index contributed by atoms with van der Waals surface area (Å²) in [4.78, 5) is 1.36. The van der Waals surface area contributed by atoms with E-state index in [1.807, 2.05) is 0 Å². The van der Waals surface area contributed by atoms with Gasteiger partial charge >= 0.3 is 6.18 Å². The molecule has 1 aliphatic carbocycles. The Labute approximate surface area is 106 Å². The lowest BCUT2D eigenvalue weighted by atomic mass is 9.92. The van der Waals surface area contributed by atoms with Crippen LogP contribution in [0.2, 0.25) is 0 Å². The van der Waals surface area contributed by atoms with E-state index in [9.17, 15) is 13.2 Å². The average Bonchev–Trinajstić information content (AvgIpc) is 2.27. The number of nitrogens with zero attached hydrogens (tertiary/aromatic N) is 1. The van der Waals surface area contributed by atoms with Gasteiger partial charge in [0.15, 0.2) is 0 Å². The normalized spacial score (nSPS) is 22.2. The van der Waals surface area contributed by atoms with Crippen LogP contribution < -0.4 is 5.73 Å². The Morgan fingerprint density at radius 2 is 1.83 bits per heavy atom. The zero-order valence-electron chi connectivity index (χ0n) is 10.8. The minimum Gasteiger partial charge on any atom is -0.395 e. The third kappa shape index (κ3) is 4.10. The van der Waals surface area contributed by atoms with Gasteiger partial charge in [-0.1, -0.05) is 19.3 Å². The van der Waals surface area contributed by atoms with Crippen molar-refractivity contribution >= 4 is 0 Å². The molecule has 0 spiro atoms. The van der Waals surface area contributed by atoms with Crippen LogP contribution in [0.15, 0.2) is 0 Å². The van der Waals surface area contributed by atoms with E-state index in [1.165, 1.54) is 11.8 Å². The van der Waals surface area contributed by atoms with E-state index < -0.39 is 18.3 Å². The second-order valence-electron chi connectivity index (χ2n) is 5.10. The van der Waals surface area contributed by atoms with Crippen molar-refractivity contribution in [2.45, 2.75) is 63.3 Å². The van der Waals surface area contributed by atoms with Gasteiger partial charge in [-0.25, -0.2) is 0 Å². The van der Waals surface area contributed by atoms with Gasteiger partial charge in [-0.2, -0.15) is 13.2 Å². The maximum absolute atomic E-state index is 13.1. The van der Waals surface area contributed by atoms with Crippen LogP contribution in [0.4, 0.5) is 13.2 Å². The number of aliphatic hydroxyl groups is 1. The highest BCUT2D eigenvalue weighted by molar-refractivity contribution is 4.90. The fourth-order valence-corrected chi connectivity index (χ4v) is 2.87. The van der Waals surface area contributed by atoms with Crippen LogP contribution in [-0.4, -0.2) is 47.5 Å². The Hall–Kier alpha value is -0.330. The maximum Gasteiger partial charge on any atom is 0.405 e. The van der Waals surface area contributed by atoms with Crippen LogP contribution >= 0.6 is 0 Å². The van der Waals surface area contributed by atoms with Gasteiger partial charge in [0.1, 0.15) is 6.04 Å². The first-order valence-electron chi connectivity index (χ1n) is 6.56. The molecule has 6 heteroatoms. The molecule has 1 fully saturated rings. The molecule has 1 rings (SSSR count). The van der Waals surface area contributed by atoms with Gasteiger partial charge < -0.3 is 10.8 Å². The fourth-order valence-electron chi connectivity index (χ4n) is 2.87. The molecular formula is C12H23F3N2O. The summed E-state index contributed by atoms with van der Waals surface area (Å²) in [7, 11) is 0. The molecule has 0 radical (unpaired) electrons. The molecule has 1 aliphatic rings. The number of aliphatic hydroxyl groups excluding tert-OH is 1. The first-order valence-corrected chi connectivity index (χ1v) is 6.56. The van der Waals surface area contributed by atoms with E-state index in [-0.39, 0.29) is 19.2 Å². The highest BCUT2D eigenvalue weighted by Gasteiger charge is 2.47. The van der Waals surface area contributed by atoms with Crippen molar-refractivity contribution in [3.8, 4) is 0 Å². The van der Waals surface area contributed by atoms with Gasteiger partial charge in [-0.05, 0) is 19.8 Å². The SMILES string of the molecule is CC(N)C(N(CCO)C1CCCCC1)C(F)(F)F. The Morgan fingerprint density at radius 3 is 2.22 bits per heavy atom. The van der Waals surface area contributed by atoms with E-state index in [2.05, 4.69) is 0 Å². The number of hydrogen-bond acceptors (Lipinski definition) is 3. The Morgan fingerprint density at radius 1 is 1.28 bits per heavy atom. The second-order valence-corrected chi connectivity index (χ2v) is 5.10. The quantitative estimate of drug-likeness (QED) is 0.800. The molecule has 2 atom stereocenters. The highest BCUT2D eigenvalue weighted by atomic mass is 19.4. The number of halogens is 3. The Kier molecular flexibility index (Phi) is 5.88. The molecule has 3 nitrogen and oxygen atoms in total. The van der Waals surface area contributed by atoms with Crippen molar-refractivity contribution < 1.29 is 18.3 Å². The maximum atomic E-state index is 13.1. The number of alkyl halides is 3. The van der Waals surface area contributed by atoms with Crippen molar-refractivity contribution in [1.29, 1.82) is 0 Å². The third-order valence-corrected chi connectivity index (χ3v) is 3.59. The molecular weight excluding hydrogens is 245 g/mol. The topological polar surface area (TPSA) is 49.5 Å². The van der Waals surface area contributed by atoms with Gasteiger partial charge in [0, 0.05) is 18.6 Å². The predicted octanol–water partition coefficient (Wildman–Crippen LogP) is 1.89. The smallest absolute Gasteiger partial charge is 0.395 e. The summed E-state index contributed by atoms with van der Waals surface area (Å²) < 4.78 is 39.3. The monoisotopic (exact) mass is 268 g/mol. The summed E-state index contributed by atoms with van der Waals surface area (Å²) in [5.74, 6) is 0. The van der Waals surface area contributed by atoms with E-state index >= 15 is 0 Å². The minimum atomic E-state index is -4.35. The zero-order chi connectivity index (χ0) is 13.8. The number of nitrogens with two attached hydrogens (primary N) is 1. The summed E-state index contributed by atoms with van der Waals surface area (Å²) in [5, 5.41) is 9.01. The summed E-state index contributed by atoms with van der Waals surface area (Å²) in [6, 6.07) is -2.75. The molecule has 0 bridgehead atoms. The molecule has 0 aromatic heterocycles. The van der Waals surface area contributed by atoms with Crippen LogP contribution in [0.1, 0.15) is 39.0 Å². The highest BCUT2D eigenvalue weighted by Crippen LogP contribution is 2.32. The molecule has 1 saturated carbocycles. The molecule has 0 aliphatic heterocycles. The van der Waals surface area contributed by atoms with E-state index in [1.54, 1.807) is 0 Å².